The second kappa shape index (κ2) is 5.86. The van der Waals surface area contributed by atoms with E-state index in [1.165, 1.54) is 0 Å². The van der Waals surface area contributed by atoms with Crippen molar-refractivity contribution in [1.29, 1.82) is 0 Å². The van der Waals surface area contributed by atoms with Gasteiger partial charge < -0.3 is 14.5 Å². The molecule has 0 aliphatic rings. The van der Waals surface area contributed by atoms with Gasteiger partial charge in [-0.25, -0.2) is 4.39 Å². The Morgan fingerprint density at radius 1 is 1.09 bits per heavy atom. The molecule has 0 atom stereocenters. The van der Waals surface area contributed by atoms with E-state index in [0.717, 1.165) is 6.07 Å². The predicted molar refractivity (Wildman–Crippen MR) is 79.1 cm³/mol. The van der Waals surface area contributed by atoms with Crippen molar-refractivity contribution in [2.45, 2.75) is 45.1 Å². The lowest BCUT2D eigenvalue weighted by Crippen LogP contribution is -2.44. The Morgan fingerprint density at radius 3 is 1.95 bits per heavy atom. The highest BCUT2D eigenvalue weighted by Gasteiger charge is 2.41. The van der Waals surface area contributed by atoms with Crippen molar-refractivity contribution in [2.75, 3.05) is 0 Å². The average molecular weight is 338 g/mol. The van der Waals surface area contributed by atoms with Crippen LogP contribution in [0.4, 0.5) is 17.6 Å². The molecule has 3 nitrogen and oxygen atoms in total. The van der Waals surface area contributed by atoms with Gasteiger partial charge in [-0.05, 0) is 30.3 Å². The topological polar surface area (TPSA) is 49.7 Å². The van der Waals surface area contributed by atoms with E-state index in [4.69, 9.17) is 14.5 Å². The second-order valence-corrected chi connectivity index (χ2v) is 11.3. The van der Waals surface area contributed by atoms with Gasteiger partial charge in [-0.3, -0.25) is 0 Å². The third-order valence-electron chi connectivity index (χ3n) is 3.84. The average Bonchev–Trinajstić information content (AvgIpc) is 2.27. The van der Waals surface area contributed by atoms with E-state index in [9.17, 15) is 17.6 Å². The number of hydrogen-bond acceptors (Lipinski definition) is 3. The zero-order valence-corrected chi connectivity index (χ0v) is 14.0. The van der Waals surface area contributed by atoms with Crippen LogP contribution in [0.25, 0.3) is 0 Å². The van der Waals surface area contributed by atoms with Crippen LogP contribution in [0.2, 0.25) is 18.1 Å². The molecule has 0 aliphatic heterocycles. The molecule has 0 heterocycles. The normalized spacial score (nSPS) is 13.2. The van der Waals surface area contributed by atoms with E-state index in [-0.39, 0.29) is 10.8 Å². The van der Waals surface area contributed by atoms with Crippen molar-refractivity contribution >= 4 is 20.9 Å². The summed E-state index contributed by atoms with van der Waals surface area (Å²) in [7, 11) is -4.81. The smallest absolute Gasteiger partial charge is 0.491 e. The molecule has 0 aromatic heterocycles. The Morgan fingerprint density at radius 2 is 1.59 bits per heavy atom. The summed E-state index contributed by atoms with van der Waals surface area (Å²) in [5.41, 5.74) is -2.43. The summed E-state index contributed by atoms with van der Waals surface area (Å²) < 4.78 is 58.2. The van der Waals surface area contributed by atoms with Crippen LogP contribution in [0, 0.1) is 5.82 Å². The molecule has 1 rings (SSSR count). The van der Waals surface area contributed by atoms with Crippen LogP contribution >= 0.6 is 0 Å². The lowest BCUT2D eigenvalue weighted by Gasteiger charge is -2.36. The van der Waals surface area contributed by atoms with Crippen molar-refractivity contribution in [3.05, 3.63) is 23.5 Å². The van der Waals surface area contributed by atoms with Gasteiger partial charge in [-0.1, -0.05) is 20.8 Å². The number of halogens is 4. The summed E-state index contributed by atoms with van der Waals surface area (Å²) in [6.07, 6.45) is -4.96. The maximum atomic E-state index is 13.8. The molecule has 22 heavy (non-hydrogen) atoms. The van der Waals surface area contributed by atoms with Crippen LogP contribution in [0.5, 0.6) is 5.75 Å². The van der Waals surface area contributed by atoms with Crippen LogP contribution in [-0.2, 0) is 6.18 Å². The summed E-state index contributed by atoms with van der Waals surface area (Å²) in [5, 5.41) is 17.9. The zero-order valence-electron chi connectivity index (χ0n) is 13.0. The molecule has 0 saturated heterocycles. The van der Waals surface area contributed by atoms with Gasteiger partial charge in [0, 0.05) is 5.46 Å². The van der Waals surface area contributed by atoms with E-state index in [1.807, 2.05) is 33.9 Å². The standard InChI is InChI=1S/C13H19BF4O3Si/c1-12(2,3)22(4,5)21-8-6-9(13(16,17)18)11(15)10(7-8)14(19)20/h6-7,19-20H,1-5H3. The molecule has 1 aromatic rings. The molecular weight excluding hydrogens is 319 g/mol. The van der Waals surface area contributed by atoms with Crippen LogP contribution in [0.1, 0.15) is 26.3 Å². The maximum Gasteiger partial charge on any atom is 0.491 e. The molecule has 2 N–H and O–H groups in total. The van der Waals surface area contributed by atoms with E-state index < -0.39 is 38.5 Å². The van der Waals surface area contributed by atoms with Crippen molar-refractivity contribution in [3.8, 4) is 5.75 Å². The fraction of sp³-hybridized carbons (Fsp3) is 0.538. The lowest BCUT2D eigenvalue weighted by molar-refractivity contribution is -0.139. The number of benzene rings is 1. The van der Waals surface area contributed by atoms with Crippen LogP contribution < -0.4 is 9.89 Å². The molecule has 0 spiro atoms. The monoisotopic (exact) mass is 338 g/mol. The van der Waals surface area contributed by atoms with Crippen molar-refractivity contribution in [2.24, 2.45) is 0 Å². The van der Waals surface area contributed by atoms with Gasteiger partial charge >= 0.3 is 13.3 Å². The van der Waals surface area contributed by atoms with Gasteiger partial charge in [-0.15, -0.1) is 0 Å². The molecule has 0 radical (unpaired) electrons. The van der Waals surface area contributed by atoms with Crippen LogP contribution in [-0.4, -0.2) is 25.5 Å². The largest absolute Gasteiger partial charge is 0.544 e. The lowest BCUT2D eigenvalue weighted by atomic mass is 9.78. The first-order chi connectivity index (χ1) is 9.67. The van der Waals surface area contributed by atoms with E-state index >= 15 is 0 Å². The molecule has 124 valence electrons. The minimum Gasteiger partial charge on any atom is -0.544 e. The Bertz CT molecular complexity index is 553. The van der Waals surface area contributed by atoms with Gasteiger partial charge in [0.05, 0.1) is 5.56 Å². The third-order valence-corrected chi connectivity index (χ3v) is 8.20. The first-order valence-electron chi connectivity index (χ1n) is 6.62. The minimum absolute atomic E-state index is 0.219. The fourth-order valence-electron chi connectivity index (χ4n) is 1.52. The van der Waals surface area contributed by atoms with Crippen molar-refractivity contribution in [3.63, 3.8) is 0 Å². The molecular formula is C13H19BF4O3Si. The fourth-order valence-corrected chi connectivity index (χ4v) is 2.53. The highest BCUT2D eigenvalue weighted by Crippen LogP contribution is 2.39. The number of hydrogen-bond donors (Lipinski definition) is 2. The summed E-state index contributed by atoms with van der Waals surface area (Å²) >= 11 is 0. The van der Waals surface area contributed by atoms with E-state index in [2.05, 4.69) is 0 Å². The number of alkyl halides is 3. The summed E-state index contributed by atoms with van der Waals surface area (Å²) in [4.78, 5) is 0. The zero-order chi connectivity index (χ0) is 17.5. The van der Waals surface area contributed by atoms with Crippen molar-refractivity contribution < 1.29 is 32.0 Å². The van der Waals surface area contributed by atoms with Crippen LogP contribution in [0.15, 0.2) is 12.1 Å². The Labute approximate surface area is 128 Å². The van der Waals surface area contributed by atoms with Gasteiger partial charge in [-0.2, -0.15) is 13.2 Å². The predicted octanol–water partition coefficient (Wildman–Crippen LogP) is 2.91. The SMILES string of the molecule is CC(C)(C)[Si](C)(C)Oc1cc(B(O)O)c(F)c(C(F)(F)F)c1. The molecule has 0 fully saturated rings. The summed E-state index contributed by atoms with van der Waals surface area (Å²) in [6, 6.07) is 1.46. The maximum absolute atomic E-state index is 13.8. The Kier molecular flexibility index (Phi) is 5.06. The quantitative estimate of drug-likeness (QED) is 0.658. The molecule has 0 unspecified atom stereocenters. The summed E-state index contributed by atoms with van der Waals surface area (Å²) in [6.45, 7) is 9.33. The number of rotatable bonds is 3. The van der Waals surface area contributed by atoms with Gasteiger partial charge in [0.1, 0.15) is 11.6 Å². The third kappa shape index (κ3) is 4.02. The molecule has 1 aromatic carbocycles. The van der Waals surface area contributed by atoms with Gasteiger partial charge in [0.25, 0.3) is 0 Å². The van der Waals surface area contributed by atoms with Gasteiger partial charge in [0.2, 0.25) is 8.32 Å². The molecule has 0 amide bonds. The molecule has 0 saturated carbocycles. The Balaban J connectivity index is 3.42. The van der Waals surface area contributed by atoms with Gasteiger partial charge in [0.15, 0.2) is 0 Å². The second-order valence-electron chi connectivity index (χ2n) is 6.61. The highest BCUT2D eigenvalue weighted by atomic mass is 28.4. The van der Waals surface area contributed by atoms with E-state index in [1.54, 1.807) is 0 Å². The highest BCUT2D eigenvalue weighted by molar-refractivity contribution is 6.74. The molecule has 0 bridgehead atoms. The Hall–Kier alpha value is -1.06. The minimum atomic E-state index is -4.96. The molecule has 9 heteroatoms. The first kappa shape index (κ1) is 19.0. The first-order valence-corrected chi connectivity index (χ1v) is 9.53. The van der Waals surface area contributed by atoms with E-state index in [0.29, 0.717) is 6.07 Å². The molecule has 0 aliphatic carbocycles. The van der Waals surface area contributed by atoms with Crippen LogP contribution in [0.3, 0.4) is 0 Å². The van der Waals surface area contributed by atoms with Crippen molar-refractivity contribution in [1.82, 2.24) is 0 Å². The summed E-state index contributed by atoms with van der Waals surface area (Å²) in [5.74, 6) is -1.92.